The lowest BCUT2D eigenvalue weighted by molar-refractivity contribution is -0.128. The highest BCUT2D eigenvalue weighted by molar-refractivity contribution is 5.95. The maximum absolute atomic E-state index is 13.0. The summed E-state index contributed by atoms with van der Waals surface area (Å²) >= 11 is 0. The highest BCUT2D eigenvalue weighted by Gasteiger charge is 2.12. The molecule has 0 unspecified atom stereocenters. The largest absolute Gasteiger partial charge is 0.460 e. The molecule has 0 spiro atoms. The fourth-order valence-electron chi connectivity index (χ4n) is 4.29. The molecule has 6 rings (SSSR count). The molecule has 0 atom stereocenters. The summed E-state index contributed by atoms with van der Waals surface area (Å²) in [5, 5.41) is 4.54. The summed E-state index contributed by atoms with van der Waals surface area (Å²) in [5.41, 5.74) is 0.890. The molecule has 0 radical (unpaired) electrons. The topological polar surface area (TPSA) is 65.7 Å². The van der Waals surface area contributed by atoms with Crippen molar-refractivity contribution in [2.45, 2.75) is 0 Å². The molecule has 5 heteroatoms. The zero-order chi connectivity index (χ0) is 25.2. The van der Waals surface area contributed by atoms with Gasteiger partial charge >= 0.3 is 5.97 Å². The zero-order valence-electron chi connectivity index (χ0n) is 19.6. The van der Waals surface area contributed by atoms with Gasteiger partial charge in [-0.2, -0.15) is 0 Å². The smallest absolute Gasteiger partial charge is 0.336 e. The zero-order valence-corrected chi connectivity index (χ0v) is 19.6. The standard InChI is InChI=1S/C32H20O5/c33-31(17-13-23-10-5-9-22-7-3-4-11-27(22)23)37-26-15-16-28-29(19-26)35-20-30(32(28)34)36-25-14-12-21-6-1-2-8-24(21)18-25/h1-20H. The van der Waals surface area contributed by atoms with Crippen LogP contribution in [0, 0.1) is 0 Å². The van der Waals surface area contributed by atoms with Crippen molar-refractivity contribution in [3.63, 3.8) is 0 Å². The van der Waals surface area contributed by atoms with Crippen LogP contribution in [-0.4, -0.2) is 5.97 Å². The van der Waals surface area contributed by atoms with E-state index in [9.17, 15) is 9.59 Å². The third-order valence-corrected chi connectivity index (χ3v) is 6.10. The van der Waals surface area contributed by atoms with Crippen molar-refractivity contribution in [3.8, 4) is 17.2 Å². The Morgan fingerprint density at radius 2 is 1.46 bits per heavy atom. The Kier molecular flexibility index (Phi) is 5.71. The molecule has 1 heterocycles. The lowest BCUT2D eigenvalue weighted by atomic mass is 10.0. The van der Waals surface area contributed by atoms with Crippen LogP contribution in [0.25, 0.3) is 38.6 Å². The van der Waals surface area contributed by atoms with E-state index in [0.29, 0.717) is 16.7 Å². The first-order chi connectivity index (χ1) is 18.1. The molecule has 0 aliphatic rings. The van der Waals surface area contributed by atoms with E-state index in [2.05, 4.69) is 0 Å². The van der Waals surface area contributed by atoms with Crippen molar-refractivity contribution in [2.75, 3.05) is 0 Å². The number of carbonyl (C=O) groups excluding carboxylic acids is 1. The van der Waals surface area contributed by atoms with E-state index in [1.807, 2.05) is 78.9 Å². The summed E-state index contributed by atoms with van der Waals surface area (Å²) in [7, 11) is 0. The lowest BCUT2D eigenvalue weighted by Crippen LogP contribution is -2.06. The molecular weight excluding hydrogens is 464 g/mol. The van der Waals surface area contributed by atoms with E-state index in [-0.39, 0.29) is 16.9 Å². The molecule has 0 bridgehead atoms. The molecule has 0 aliphatic heterocycles. The van der Waals surface area contributed by atoms with Crippen molar-refractivity contribution >= 4 is 44.6 Å². The highest BCUT2D eigenvalue weighted by atomic mass is 16.5. The van der Waals surface area contributed by atoms with Gasteiger partial charge in [-0.1, -0.05) is 72.8 Å². The predicted octanol–water partition coefficient (Wildman–Crippen LogP) is 7.51. The monoisotopic (exact) mass is 484 g/mol. The van der Waals surface area contributed by atoms with Gasteiger partial charge in [-0.05, 0) is 57.4 Å². The van der Waals surface area contributed by atoms with Crippen LogP contribution in [0.2, 0.25) is 0 Å². The SMILES string of the molecule is O=C(C=Cc1cccc2ccccc12)Oc1ccc2c(=O)c(Oc3ccc4ccccc4c3)coc2c1. The van der Waals surface area contributed by atoms with Crippen molar-refractivity contribution < 1.29 is 18.7 Å². The second-order valence-electron chi connectivity index (χ2n) is 8.52. The van der Waals surface area contributed by atoms with Crippen LogP contribution in [0.1, 0.15) is 5.56 Å². The van der Waals surface area contributed by atoms with Crippen LogP contribution in [0.15, 0.2) is 125 Å². The molecule has 5 aromatic carbocycles. The summed E-state index contributed by atoms with van der Waals surface area (Å²) in [4.78, 5) is 25.4. The molecule has 37 heavy (non-hydrogen) atoms. The number of benzene rings is 5. The third-order valence-electron chi connectivity index (χ3n) is 6.10. The van der Waals surface area contributed by atoms with E-state index in [1.165, 1.54) is 18.4 Å². The van der Waals surface area contributed by atoms with Crippen LogP contribution < -0.4 is 14.9 Å². The quantitative estimate of drug-likeness (QED) is 0.144. The van der Waals surface area contributed by atoms with Gasteiger partial charge in [-0.15, -0.1) is 0 Å². The predicted molar refractivity (Wildman–Crippen MR) is 145 cm³/mol. The van der Waals surface area contributed by atoms with Crippen LogP contribution in [-0.2, 0) is 4.79 Å². The molecule has 0 saturated carbocycles. The molecule has 0 saturated heterocycles. The van der Waals surface area contributed by atoms with Crippen LogP contribution in [0.3, 0.4) is 0 Å². The van der Waals surface area contributed by atoms with E-state index in [1.54, 1.807) is 24.3 Å². The lowest BCUT2D eigenvalue weighted by Gasteiger charge is -2.08. The molecule has 5 nitrogen and oxygen atoms in total. The number of carbonyl (C=O) groups is 1. The second-order valence-corrected chi connectivity index (χ2v) is 8.52. The van der Waals surface area contributed by atoms with E-state index >= 15 is 0 Å². The van der Waals surface area contributed by atoms with Gasteiger partial charge in [0.05, 0.1) is 5.39 Å². The Morgan fingerprint density at radius 1 is 0.703 bits per heavy atom. The van der Waals surface area contributed by atoms with Crippen LogP contribution in [0.5, 0.6) is 17.2 Å². The Morgan fingerprint density at radius 3 is 2.35 bits per heavy atom. The maximum Gasteiger partial charge on any atom is 0.336 e. The fraction of sp³-hybridized carbons (Fsp3) is 0. The number of ether oxygens (including phenoxy) is 2. The van der Waals surface area contributed by atoms with Gasteiger partial charge in [-0.25, -0.2) is 4.79 Å². The highest BCUT2D eigenvalue weighted by Crippen LogP contribution is 2.27. The third kappa shape index (κ3) is 4.58. The average molecular weight is 485 g/mol. The summed E-state index contributed by atoms with van der Waals surface area (Å²) in [6.45, 7) is 0. The Balaban J connectivity index is 1.21. The molecule has 0 N–H and O–H groups in total. The first-order valence-corrected chi connectivity index (χ1v) is 11.7. The molecule has 6 aromatic rings. The Bertz CT molecular complexity index is 1880. The van der Waals surface area contributed by atoms with Gasteiger partial charge in [0.2, 0.25) is 11.2 Å². The van der Waals surface area contributed by atoms with Gasteiger partial charge < -0.3 is 13.9 Å². The molecule has 1 aromatic heterocycles. The average Bonchev–Trinajstić information content (AvgIpc) is 2.93. The first-order valence-electron chi connectivity index (χ1n) is 11.7. The molecular formula is C32H20O5. The van der Waals surface area contributed by atoms with Gasteiger partial charge in [0, 0.05) is 12.1 Å². The second kappa shape index (κ2) is 9.47. The number of rotatable bonds is 5. The van der Waals surface area contributed by atoms with Gasteiger partial charge in [0.1, 0.15) is 23.3 Å². The normalized spacial score (nSPS) is 11.4. The minimum absolute atomic E-state index is 0.0746. The van der Waals surface area contributed by atoms with Crippen molar-refractivity contribution in [1.82, 2.24) is 0 Å². The van der Waals surface area contributed by atoms with E-state index < -0.39 is 5.97 Å². The van der Waals surface area contributed by atoms with Gasteiger partial charge in [-0.3, -0.25) is 4.79 Å². The number of fused-ring (bicyclic) bond motifs is 3. The van der Waals surface area contributed by atoms with Crippen LogP contribution in [0.4, 0.5) is 0 Å². The van der Waals surface area contributed by atoms with Crippen molar-refractivity contribution in [2.24, 2.45) is 0 Å². The number of hydrogen-bond donors (Lipinski definition) is 0. The maximum atomic E-state index is 13.0. The van der Waals surface area contributed by atoms with Gasteiger partial charge in [0.15, 0.2) is 0 Å². The van der Waals surface area contributed by atoms with Crippen LogP contribution >= 0.6 is 0 Å². The van der Waals surface area contributed by atoms with E-state index in [0.717, 1.165) is 27.1 Å². The summed E-state index contributed by atoms with van der Waals surface area (Å²) in [5.74, 6) is 0.344. The molecule has 0 amide bonds. The molecule has 0 aliphatic carbocycles. The molecule has 0 fully saturated rings. The summed E-state index contributed by atoms with van der Waals surface area (Å²) in [6, 6.07) is 32.0. The summed E-state index contributed by atoms with van der Waals surface area (Å²) < 4.78 is 16.9. The van der Waals surface area contributed by atoms with E-state index in [4.69, 9.17) is 13.9 Å². The summed E-state index contributed by atoms with van der Waals surface area (Å²) in [6.07, 6.45) is 4.37. The van der Waals surface area contributed by atoms with Crippen molar-refractivity contribution in [3.05, 3.63) is 131 Å². The minimum atomic E-state index is -0.536. The fourth-order valence-corrected chi connectivity index (χ4v) is 4.29. The minimum Gasteiger partial charge on any atom is -0.460 e. The Labute approximate surface area is 211 Å². The van der Waals surface area contributed by atoms with Crippen molar-refractivity contribution in [1.29, 1.82) is 0 Å². The first kappa shape index (κ1) is 22.3. The number of esters is 1. The number of hydrogen-bond acceptors (Lipinski definition) is 5. The Hall–Kier alpha value is -5.16. The van der Waals surface area contributed by atoms with Gasteiger partial charge in [0.25, 0.3) is 0 Å². The molecule has 178 valence electrons.